The maximum Gasteiger partial charge on any atom is 0.243 e. The summed E-state index contributed by atoms with van der Waals surface area (Å²) in [5, 5.41) is 3.00. The molecule has 1 aromatic rings. The van der Waals surface area contributed by atoms with Gasteiger partial charge in [-0.3, -0.25) is 4.79 Å². The van der Waals surface area contributed by atoms with Gasteiger partial charge in [0.05, 0.1) is 11.0 Å². The summed E-state index contributed by atoms with van der Waals surface area (Å²) in [7, 11) is -3.50. The van der Waals surface area contributed by atoms with Gasteiger partial charge in [0.1, 0.15) is 0 Å². The second-order valence-electron chi connectivity index (χ2n) is 8.70. The van der Waals surface area contributed by atoms with E-state index in [0.29, 0.717) is 50.1 Å². The van der Waals surface area contributed by atoms with Gasteiger partial charge >= 0.3 is 0 Å². The summed E-state index contributed by atoms with van der Waals surface area (Å²) in [6.07, 6.45) is 8.52. The molecule has 7 heteroatoms. The van der Waals surface area contributed by atoms with Crippen LogP contribution in [-0.4, -0.2) is 51.0 Å². The van der Waals surface area contributed by atoms with Crippen LogP contribution in [0, 0.1) is 19.8 Å². The molecule has 2 fully saturated rings. The number of rotatable bonds is 8. The first-order chi connectivity index (χ1) is 14.4. The highest BCUT2D eigenvalue weighted by molar-refractivity contribution is 7.89. The van der Waals surface area contributed by atoms with E-state index >= 15 is 0 Å². The zero-order valence-electron chi connectivity index (χ0n) is 18.4. The fraction of sp³-hybridized carbons (Fsp3) is 0.696. The Morgan fingerprint density at radius 3 is 2.43 bits per heavy atom. The second kappa shape index (κ2) is 10.7. The summed E-state index contributed by atoms with van der Waals surface area (Å²) in [4.78, 5) is 12.8. The van der Waals surface area contributed by atoms with Crippen molar-refractivity contribution < 1.29 is 17.9 Å². The lowest BCUT2D eigenvalue weighted by Crippen LogP contribution is -2.43. The Labute approximate surface area is 181 Å². The van der Waals surface area contributed by atoms with Gasteiger partial charge in [-0.1, -0.05) is 25.3 Å². The van der Waals surface area contributed by atoms with Gasteiger partial charge in [0.2, 0.25) is 15.9 Å². The molecule has 0 atom stereocenters. The summed E-state index contributed by atoms with van der Waals surface area (Å²) in [5.74, 6) is -0.0774. The maximum absolute atomic E-state index is 12.9. The van der Waals surface area contributed by atoms with Crippen molar-refractivity contribution in [2.24, 2.45) is 5.92 Å². The molecule has 6 nitrogen and oxygen atoms in total. The molecule has 0 bridgehead atoms. The van der Waals surface area contributed by atoms with E-state index in [9.17, 15) is 13.2 Å². The fourth-order valence-electron chi connectivity index (χ4n) is 4.29. The first-order valence-electron chi connectivity index (χ1n) is 11.3. The highest BCUT2D eigenvalue weighted by Gasteiger charge is 2.32. The molecule has 1 saturated carbocycles. The van der Waals surface area contributed by atoms with Gasteiger partial charge in [-0.05, 0) is 69.2 Å². The predicted molar refractivity (Wildman–Crippen MR) is 118 cm³/mol. The summed E-state index contributed by atoms with van der Waals surface area (Å²) in [6.45, 7) is 5.98. The summed E-state index contributed by atoms with van der Waals surface area (Å²) >= 11 is 0. The van der Waals surface area contributed by atoms with Gasteiger partial charge in [0.15, 0.2) is 0 Å². The largest absolute Gasteiger partial charge is 0.378 e. The van der Waals surface area contributed by atoms with E-state index < -0.39 is 10.0 Å². The van der Waals surface area contributed by atoms with E-state index in [4.69, 9.17) is 4.74 Å². The highest BCUT2D eigenvalue weighted by atomic mass is 32.2. The summed E-state index contributed by atoms with van der Waals surface area (Å²) in [5.41, 5.74) is 2.05. The number of piperidine rings is 1. The number of nitrogens with one attached hydrogen (secondary N) is 1. The molecule has 1 aliphatic carbocycles. The Balaban J connectivity index is 1.38. The van der Waals surface area contributed by atoms with Crippen molar-refractivity contribution >= 4 is 15.9 Å². The average Bonchev–Trinajstić information content (AvgIpc) is 2.76. The average molecular weight is 437 g/mol. The van der Waals surface area contributed by atoms with E-state index in [1.165, 1.54) is 23.6 Å². The van der Waals surface area contributed by atoms with E-state index in [-0.39, 0.29) is 11.8 Å². The van der Waals surface area contributed by atoms with Crippen molar-refractivity contribution in [3.63, 3.8) is 0 Å². The van der Waals surface area contributed by atoms with Gasteiger partial charge in [0.25, 0.3) is 0 Å². The number of hydrogen-bond donors (Lipinski definition) is 1. The first-order valence-corrected chi connectivity index (χ1v) is 12.8. The lowest BCUT2D eigenvalue weighted by atomic mass is 9.97. The predicted octanol–water partition coefficient (Wildman–Crippen LogP) is 3.56. The first kappa shape index (κ1) is 23.2. The molecule has 3 rings (SSSR count). The minimum atomic E-state index is -3.50. The van der Waals surface area contributed by atoms with E-state index in [2.05, 4.69) is 5.32 Å². The highest BCUT2D eigenvalue weighted by Crippen LogP contribution is 2.25. The molecule has 0 aromatic heterocycles. The molecule has 1 aliphatic heterocycles. The minimum Gasteiger partial charge on any atom is -0.378 e. The molecular formula is C23H36N2O4S. The number of carbonyl (C=O) groups is 1. The summed E-state index contributed by atoms with van der Waals surface area (Å²) < 4.78 is 33.2. The van der Waals surface area contributed by atoms with Crippen LogP contribution in [0.1, 0.15) is 62.5 Å². The van der Waals surface area contributed by atoms with Gasteiger partial charge in [-0.25, -0.2) is 8.42 Å². The molecule has 0 unspecified atom stereocenters. The van der Waals surface area contributed by atoms with Gasteiger partial charge in [-0.15, -0.1) is 0 Å². The Morgan fingerprint density at radius 1 is 1.07 bits per heavy atom. The Bertz CT molecular complexity index is 810. The Hall–Kier alpha value is -1.44. The van der Waals surface area contributed by atoms with Crippen LogP contribution in [-0.2, 0) is 19.6 Å². The molecule has 1 N–H and O–H groups in total. The molecular weight excluding hydrogens is 400 g/mol. The third-order valence-corrected chi connectivity index (χ3v) is 8.36. The molecule has 0 spiro atoms. The van der Waals surface area contributed by atoms with Crippen LogP contribution >= 0.6 is 0 Å². The fourth-order valence-corrected chi connectivity index (χ4v) is 5.85. The SMILES string of the molecule is Cc1ccc(S(=O)(=O)N2CCC(C(=O)NCCCOC3CCCCC3)CC2)cc1C. The Morgan fingerprint density at radius 2 is 1.77 bits per heavy atom. The van der Waals surface area contributed by atoms with Crippen LogP contribution in [0.25, 0.3) is 0 Å². The van der Waals surface area contributed by atoms with Crippen molar-refractivity contribution in [2.75, 3.05) is 26.2 Å². The number of amides is 1. The van der Waals surface area contributed by atoms with Crippen LogP contribution in [0.2, 0.25) is 0 Å². The third-order valence-electron chi connectivity index (χ3n) is 6.47. The molecule has 2 aliphatic rings. The van der Waals surface area contributed by atoms with E-state index in [0.717, 1.165) is 30.4 Å². The molecule has 1 amide bonds. The smallest absolute Gasteiger partial charge is 0.243 e. The standard InChI is InChI=1S/C23H36N2O4S/c1-18-9-10-22(17-19(18)2)30(27,28)25-14-11-20(12-15-25)23(26)24-13-6-16-29-21-7-4-3-5-8-21/h9-10,17,20-21H,3-8,11-16H2,1-2H3,(H,24,26). The van der Waals surface area contributed by atoms with Gasteiger partial charge < -0.3 is 10.1 Å². The number of aryl methyl sites for hydroxylation is 2. The zero-order chi connectivity index (χ0) is 21.6. The number of carbonyl (C=O) groups excluding carboxylic acids is 1. The number of ether oxygens (including phenoxy) is 1. The number of benzene rings is 1. The van der Waals surface area contributed by atoms with Crippen LogP contribution in [0.5, 0.6) is 0 Å². The lowest BCUT2D eigenvalue weighted by molar-refractivity contribution is -0.126. The number of sulfonamides is 1. The topological polar surface area (TPSA) is 75.7 Å². The quantitative estimate of drug-likeness (QED) is 0.632. The second-order valence-corrected chi connectivity index (χ2v) is 10.6. The van der Waals surface area contributed by atoms with Crippen molar-refractivity contribution in [1.29, 1.82) is 0 Å². The van der Waals surface area contributed by atoms with Crippen molar-refractivity contribution in [3.05, 3.63) is 29.3 Å². The number of nitrogens with zero attached hydrogens (tertiary/aromatic N) is 1. The molecule has 1 aromatic carbocycles. The van der Waals surface area contributed by atoms with Crippen LogP contribution in [0.4, 0.5) is 0 Å². The molecule has 1 heterocycles. The molecule has 30 heavy (non-hydrogen) atoms. The van der Waals surface area contributed by atoms with Crippen molar-refractivity contribution in [2.45, 2.75) is 76.2 Å². The Kier molecular flexibility index (Phi) is 8.31. The van der Waals surface area contributed by atoms with Crippen LogP contribution < -0.4 is 5.32 Å². The maximum atomic E-state index is 12.9. The third kappa shape index (κ3) is 6.05. The van der Waals surface area contributed by atoms with Crippen LogP contribution in [0.3, 0.4) is 0 Å². The molecule has 0 radical (unpaired) electrons. The van der Waals surface area contributed by atoms with Gasteiger partial charge in [-0.2, -0.15) is 4.31 Å². The van der Waals surface area contributed by atoms with E-state index in [1.807, 2.05) is 19.9 Å². The normalized spacial score (nSPS) is 19.7. The summed E-state index contributed by atoms with van der Waals surface area (Å²) in [6, 6.07) is 5.26. The van der Waals surface area contributed by atoms with E-state index in [1.54, 1.807) is 12.1 Å². The van der Waals surface area contributed by atoms with Crippen molar-refractivity contribution in [1.82, 2.24) is 9.62 Å². The monoisotopic (exact) mass is 436 g/mol. The number of hydrogen-bond acceptors (Lipinski definition) is 4. The molecule has 168 valence electrons. The molecule has 1 saturated heterocycles. The van der Waals surface area contributed by atoms with Crippen LogP contribution in [0.15, 0.2) is 23.1 Å². The van der Waals surface area contributed by atoms with Gasteiger partial charge in [0, 0.05) is 32.2 Å². The van der Waals surface area contributed by atoms with Crippen molar-refractivity contribution in [3.8, 4) is 0 Å². The lowest BCUT2D eigenvalue weighted by Gasteiger charge is -2.30. The zero-order valence-corrected chi connectivity index (χ0v) is 19.2. The minimum absolute atomic E-state index is 0.0379.